The number of aryl methyl sites for hydroxylation is 2. The van der Waals surface area contributed by atoms with Crippen LogP contribution in [0.25, 0.3) is 49.9 Å². The average molecular weight is 783 g/mol. The molecule has 1 aliphatic heterocycles. The molecule has 61 heavy (non-hydrogen) atoms. The van der Waals surface area contributed by atoms with Gasteiger partial charge in [0.05, 0.1) is 27.8 Å². The SMILES string of the molecule is Cc1cccc(C)c1-c1ccnc(-n2c3ccccc3c3ccc(C4(c5cccc(N6CN(c7ccccc7)c7ccccc76)c5)c5ccccc5-c5ccccc54)cc32)c1. The van der Waals surface area contributed by atoms with E-state index in [2.05, 4.69) is 228 Å². The van der Waals surface area contributed by atoms with E-state index in [0.29, 0.717) is 6.67 Å². The lowest BCUT2D eigenvalue weighted by atomic mass is 9.67. The first-order chi connectivity index (χ1) is 30.1. The molecule has 0 amide bonds. The molecule has 0 radical (unpaired) electrons. The second-order valence-corrected chi connectivity index (χ2v) is 16.5. The summed E-state index contributed by atoms with van der Waals surface area (Å²) in [6.45, 7) is 5.11. The highest BCUT2D eigenvalue weighted by Crippen LogP contribution is 2.57. The van der Waals surface area contributed by atoms with Crippen molar-refractivity contribution in [1.29, 1.82) is 0 Å². The van der Waals surface area contributed by atoms with Crippen molar-refractivity contribution in [2.24, 2.45) is 0 Å². The first-order valence-electron chi connectivity index (χ1n) is 21.2. The number of para-hydroxylation sites is 4. The van der Waals surface area contributed by atoms with E-state index in [4.69, 9.17) is 4.98 Å². The Morgan fingerprint density at radius 1 is 0.459 bits per heavy atom. The Hall–Kier alpha value is -7.69. The fourth-order valence-electron chi connectivity index (χ4n) is 10.6. The number of nitrogens with zero attached hydrogens (tertiary/aromatic N) is 4. The third-order valence-electron chi connectivity index (χ3n) is 13.2. The summed E-state index contributed by atoms with van der Waals surface area (Å²) in [6, 6.07) is 73.7. The summed E-state index contributed by atoms with van der Waals surface area (Å²) in [5.74, 6) is 0.905. The molecule has 0 saturated heterocycles. The Bertz CT molecular complexity index is 3280. The van der Waals surface area contributed by atoms with E-state index in [1.54, 1.807) is 0 Å². The minimum absolute atomic E-state index is 0.607. The fourth-order valence-corrected chi connectivity index (χ4v) is 10.6. The summed E-state index contributed by atoms with van der Waals surface area (Å²) in [4.78, 5) is 9.97. The molecule has 4 nitrogen and oxygen atoms in total. The highest BCUT2D eigenvalue weighted by Gasteiger charge is 2.46. The number of hydrogen-bond donors (Lipinski definition) is 0. The van der Waals surface area contributed by atoms with Gasteiger partial charge in [-0.05, 0) is 130 Å². The van der Waals surface area contributed by atoms with E-state index in [9.17, 15) is 0 Å². The Morgan fingerprint density at radius 2 is 1.05 bits per heavy atom. The van der Waals surface area contributed by atoms with Crippen molar-refractivity contribution in [3.63, 3.8) is 0 Å². The highest BCUT2D eigenvalue weighted by molar-refractivity contribution is 6.09. The van der Waals surface area contributed by atoms with Crippen molar-refractivity contribution >= 4 is 44.6 Å². The first-order valence-corrected chi connectivity index (χ1v) is 21.2. The maximum absolute atomic E-state index is 5.10. The Morgan fingerprint density at radius 3 is 1.80 bits per heavy atom. The third-order valence-corrected chi connectivity index (χ3v) is 13.2. The monoisotopic (exact) mass is 782 g/mol. The number of hydrogen-bond acceptors (Lipinski definition) is 3. The summed E-state index contributed by atoms with van der Waals surface area (Å²) in [6.07, 6.45) is 1.97. The van der Waals surface area contributed by atoms with Crippen LogP contribution in [0.5, 0.6) is 0 Å². The van der Waals surface area contributed by atoms with Crippen molar-refractivity contribution in [3.8, 4) is 28.1 Å². The second kappa shape index (κ2) is 13.7. The van der Waals surface area contributed by atoms with Gasteiger partial charge in [-0.3, -0.25) is 4.57 Å². The van der Waals surface area contributed by atoms with Crippen LogP contribution >= 0.6 is 0 Å². The predicted octanol–water partition coefficient (Wildman–Crippen LogP) is 14.1. The Kier molecular flexibility index (Phi) is 7.91. The molecule has 1 aliphatic carbocycles. The van der Waals surface area contributed by atoms with E-state index < -0.39 is 5.41 Å². The maximum atomic E-state index is 5.10. The fraction of sp³-hybridized carbons (Fsp3) is 0.0702. The molecule has 0 atom stereocenters. The summed E-state index contributed by atoms with van der Waals surface area (Å²) in [5, 5.41) is 2.42. The van der Waals surface area contributed by atoms with Gasteiger partial charge in [-0.25, -0.2) is 4.98 Å². The van der Waals surface area contributed by atoms with Crippen molar-refractivity contribution in [3.05, 3.63) is 240 Å². The van der Waals surface area contributed by atoms with Gasteiger partial charge >= 0.3 is 0 Å². The molecule has 0 spiro atoms. The molecule has 10 aromatic rings. The smallest absolute Gasteiger partial charge is 0.138 e. The maximum Gasteiger partial charge on any atom is 0.138 e. The van der Waals surface area contributed by atoms with Crippen molar-refractivity contribution < 1.29 is 0 Å². The van der Waals surface area contributed by atoms with Gasteiger partial charge in [0, 0.05) is 28.3 Å². The molecule has 0 unspecified atom stereocenters. The quantitative estimate of drug-likeness (QED) is 0.168. The molecule has 3 heterocycles. The van der Waals surface area contributed by atoms with Gasteiger partial charge in [0.15, 0.2) is 0 Å². The lowest BCUT2D eigenvalue weighted by Gasteiger charge is -2.35. The molecular weight excluding hydrogens is 741 g/mol. The standard InChI is InChI=1S/C57H42N4/c1-38-16-14-17-39(2)56(38)40-32-33-58-55(34-40)61-51-27-11-8-24-47(51)48-31-30-42(36-54(48)61)57(49-25-9-6-22-45(49)46-23-7-10-26-50(46)57)41-18-15-21-44(35-41)60-37-59(43-19-4-3-5-20-43)52-28-12-13-29-53(52)60/h3-36H,37H2,1-2H3. The molecule has 0 N–H and O–H groups in total. The summed E-state index contributed by atoms with van der Waals surface area (Å²) < 4.78 is 2.38. The molecule has 4 heteroatoms. The van der Waals surface area contributed by atoms with Gasteiger partial charge in [0.1, 0.15) is 12.5 Å². The van der Waals surface area contributed by atoms with Gasteiger partial charge in [0.2, 0.25) is 0 Å². The van der Waals surface area contributed by atoms with Crippen LogP contribution in [-0.4, -0.2) is 16.2 Å². The van der Waals surface area contributed by atoms with Crippen LogP contribution in [-0.2, 0) is 5.41 Å². The average Bonchev–Trinajstić information content (AvgIpc) is 3.96. The number of anilines is 4. The van der Waals surface area contributed by atoms with Crippen molar-refractivity contribution in [1.82, 2.24) is 9.55 Å². The van der Waals surface area contributed by atoms with E-state index in [-0.39, 0.29) is 0 Å². The molecular formula is C57H42N4. The Balaban J connectivity index is 1.10. The second-order valence-electron chi connectivity index (χ2n) is 16.5. The largest absolute Gasteiger partial charge is 0.321 e. The minimum Gasteiger partial charge on any atom is -0.321 e. The van der Waals surface area contributed by atoms with Crippen molar-refractivity contribution in [2.75, 3.05) is 16.5 Å². The summed E-state index contributed by atoms with van der Waals surface area (Å²) >= 11 is 0. The molecule has 290 valence electrons. The number of benzene rings is 8. The van der Waals surface area contributed by atoms with Gasteiger partial charge in [0.25, 0.3) is 0 Å². The molecule has 0 bridgehead atoms. The van der Waals surface area contributed by atoms with E-state index in [1.165, 1.54) is 83.5 Å². The van der Waals surface area contributed by atoms with Gasteiger partial charge in [-0.15, -0.1) is 0 Å². The first kappa shape index (κ1) is 35.3. The lowest BCUT2D eigenvalue weighted by Crippen LogP contribution is -2.29. The van der Waals surface area contributed by atoms with E-state index in [1.807, 2.05) is 6.20 Å². The van der Waals surface area contributed by atoms with Crippen molar-refractivity contribution in [2.45, 2.75) is 19.3 Å². The zero-order chi connectivity index (χ0) is 40.7. The molecule has 2 aliphatic rings. The minimum atomic E-state index is -0.607. The number of pyridine rings is 1. The van der Waals surface area contributed by atoms with Crippen LogP contribution in [0.2, 0.25) is 0 Å². The van der Waals surface area contributed by atoms with Crippen LogP contribution in [0, 0.1) is 13.8 Å². The van der Waals surface area contributed by atoms with Crippen LogP contribution < -0.4 is 9.80 Å². The summed E-state index contributed by atoms with van der Waals surface area (Å²) in [7, 11) is 0. The zero-order valence-electron chi connectivity index (χ0n) is 34.1. The van der Waals surface area contributed by atoms with Crippen LogP contribution in [0.1, 0.15) is 33.4 Å². The number of fused-ring (bicyclic) bond motifs is 7. The highest BCUT2D eigenvalue weighted by atomic mass is 15.4. The summed E-state index contributed by atoms with van der Waals surface area (Å²) in [5.41, 5.74) is 18.9. The topological polar surface area (TPSA) is 24.3 Å². The van der Waals surface area contributed by atoms with Gasteiger partial charge in [-0.2, -0.15) is 0 Å². The van der Waals surface area contributed by atoms with Crippen LogP contribution in [0.15, 0.2) is 206 Å². The lowest BCUT2D eigenvalue weighted by molar-refractivity contribution is 0.768. The Labute approximate surface area is 356 Å². The third kappa shape index (κ3) is 5.22. The molecule has 12 rings (SSSR count). The molecule has 0 saturated carbocycles. The van der Waals surface area contributed by atoms with Gasteiger partial charge < -0.3 is 9.80 Å². The molecule has 8 aromatic carbocycles. The van der Waals surface area contributed by atoms with Gasteiger partial charge in [-0.1, -0.05) is 140 Å². The predicted molar refractivity (Wildman–Crippen MR) is 253 cm³/mol. The van der Waals surface area contributed by atoms with Crippen LogP contribution in [0.3, 0.4) is 0 Å². The molecule has 2 aromatic heterocycles. The number of aromatic nitrogens is 2. The number of rotatable bonds is 6. The van der Waals surface area contributed by atoms with E-state index >= 15 is 0 Å². The zero-order valence-corrected chi connectivity index (χ0v) is 34.1. The van der Waals surface area contributed by atoms with Crippen LogP contribution in [0.4, 0.5) is 22.7 Å². The van der Waals surface area contributed by atoms with E-state index in [0.717, 1.165) is 22.5 Å². The molecule has 0 fully saturated rings. The normalized spacial score (nSPS) is 13.7.